The van der Waals surface area contributed by atoms with Crippen LogP contribution in [0.1, 0.15) is 33.0 Å². The van der Waals surface area contributed by atoms with Crippen LogP contribution in [0.25, 0.3) is 17.0 Å². The molecular formula is C23H28F2N8O2. The van der Waals surface area contributed by atoms with Crippen LogP contribution in [0.4, 0.5) is 20.7 Å². The van der Waals surface area contributed by atoms with Gasteiger partial charge in [0.05, 0.1) is 29.8 Å². The number of para-hydroxylation sites is 2. The Labute approximate surface area is 201 Å². The van der Waals surface area contributed by atoms with Crippen molar-refractivity contribution < 1.29 is 18.3 Å². The van der Waals surface area contributed by atoms with Crippen LogP contribution in [0.3, 0.4) is 0 Å². The van der Waals surface area contributed by atoms with Gasteiger partial charge in [-0.05, 0) is 26.0 Å². The first-order valence-corrected chi connectivity index (χ1v) is 11.7. The lowest BCUT2D eigenvalue weighted by Crippen LogP contribution is -2.50. The summed E-state index contributed by atoms with van der Waals surface area (Å²) in [5.74, 6) is 0.481. The molecule has 0 bridgehead atoms. The number of hydrogen-bond acceptors (Lipinski definition) is 8. The maximum Gasteiger partial charge on any atom is 0.296 e. The summed E-state index contributed by atoms with van der Waals surface area (Å²) in [5, 5.41) is 0. The Kier molecular flexibility index (Phi) is 6.22. The molecule has 1 amide bonds. The summed E-state index contributed by atoms with van der Waals surface area (Å²) in [4.78, 5) is 35.7. The molecule has 3 aromatic rings. The van der Waals surface area contributed by atoms with Gasteiger partial charge < -0.3 is 19.4 Å². The number of fused-ring (bicyclic) bond motifs is 1. The largest absolute Gasteiger partial charge is 0.375 e. The van der Waals surface area contributed by atoms with Gasteiger partial charge in [0.1, 0.15) is 0 Å². The first kappa shape index (κ1) is 23.3. The first-order chi connectivity index (χ1) is 16.8. The van der Waals surface area contributed by atoms with E-state index in [0.717, 1.165) is 0 Å². The van der Waals surface area contributed by atoms with E-state index in [1.165, 1.54) is 4.57 Å². The lowest BCUT2D eigenvalue weighted by molar-refractivity contribution is -0.129. The summed E-state index contributed by atoms with van der Waals surface area (Å²) in [6.07, 6.45) is -2.86. The van der Waals surface area contributed by atoms with Crippen LogP contribution in [0.15, 0.2) is 24.3 Å². The number of benzene rings is 1. The van der Waals surface area contributed by atoms with Crippen molar-refractivity contribution in [3.05, 3.63) is 30.1 Å². The Balaban J connectivity index is 1.63. The van der Waals surface area contributed by atoms with Gasteiger partial charge in [-0.3, -0.25) is 9.36 Å². The molecule has 10 nitrogen and oxygen atoms in total. The molecule has 12 heteroatoms. The summed E-state index contributed by atoms with van der Waals surface area (Å²) in [5.41, 5.74) is 0.936. The molecule has 186 valence electrons. The van der Waals surface area contributed by atoms with E-state index < -0.39 is 12.2 Å². The van der Waals surface area contributed by atoms with E-state index in [1.54, 1.807) is 36.1 Å². The van der Waals surface area contributed by atoms with Gasteiger partial charge in [0.15, 0.2) is 5.82 Å². The number of morpholine rings is 1. The molecule has 0 N–H and O–H groups in total. The third-order valence-corrected chi connectivity index (χ3v) is 6.73. The average molecular weight is 487 g/mol. The highest BCUT2D eigenvalue weighted by Crippen LogP contribution is 2.29. The Morgan fingerprint density at radius 3 is 2.37 bits per heavy atom. The minimum Gasteiger partial charge on any atom is -0.375 e. The van der Waals surface area contributed by atoms with E-state index in [1.807, 2.05) is 23.6 Å². The molecule has 0 unspecified atom stereocenters. The van der Waals surface area contributed by atoms with E-state index in [0.29, 0.717) is 62.3 Å². The van der Waals surface area contributed by atoms with Gasteiger partial charge in [0, 0.05) is 39.6 Å². The number of rotatable bonds is 4. The maximum absolute atomic E-state index is 14.1. The topological polar surface area (TPSA) is 92.5 Å². The zero-order valence-corrected chi connectivity index (χ0v) is 19.9. The fraction of sp³-hybridized carbons (Fsp3) is 0.522. The Hall–Kier alpha value is -3.41. The summed E-state index contributed by atoms with van der Waals surface area (Å²) in [6, 6.07) is 6.92. The monoisotopic (exact) mass is 486 g/mol. The van der Waals surface area contributed by atoms with Gasteiger partial charge in [-0.25, -0.2) is 13.8 Å². The molecule has 4 heterocycles. The van der Waals surface area contributed by atoms with Crippen LogP contribution >= 0.6 is 0 Å². The van der Waals surface area contributed by atoms with Gasteiger partial charge in [-0.15, -0.1) is 0 Å². The van der Waals surface area contributed by atoms with E-state index in [9.17, 15) is 13.6 Å². The van der Waals surface area contributed by atoms with Crippen LogP contribution in [0.5, 0.6) is 0 Å². The molecule has 0 saturated carbocycles. The van der Waals surface area contributed by atoms with E-state index >= 15 is 0 Å². The number of piperazine rings is 1. The average Bonchev–Trinajstić information content (AvgIpc) is 3.26. The SMILES string of the molecule is CC(=O)N1CCN(c2nc(N3CCO[C@@H](C)[C@@H]3C)nc(-n3c(C(F)F)nc4ccccc43)n2)CC1. The van der Waals surface area contributed by atoms with Gasteiger partial charge >= 0.3 is 0 Å². The van der Waals surface area contributed by atoms with Crippen LogP contribution in [-0.2, 0) is 9.53 Å². The second-order valence-corrected chi connectivity index (χ2v) is 8.83. The Morgan fingerprint density at radius 2 is 1.66 bits per heavy atom. The van der Waals surface area contributed by atoms with Gasteiger partial charge in [-0.1, -0.05) is 12.1 Å². The van der Waals surface area contributed by atoms with E-state index in [4.69, 9.17) is 9.72 Å². The molecule has 2 fully saturated rings. The molecule has 2 saturated heterocycles. The predicted molar refractivity (Wildman–Crippen MR) is 126 cm³/mol. The zero-order valence-electron chi connectivity index (χ0n) is 19.9. The molecule has 2 aromatic heterocycles. The number of anilines is 2. The van der Waals surface area contributed by atoms with Gasteiger partial charge in [0.25, 0.3) is 6.43 Å². The van der Waals surface area contributed by atoms with Crippen LogP contribution < -0.4 is 9.80 Å². The number of alkyl halides is 2. The highest BCUT2D eigenvalue weighted by atomic mass is 19.3. The van der Waals surface area contributed by atoms with Crippen molar-refractivity contribution in [2.24, 2.45) is 0 Å². The Morgan fingerprint density at radius 1 is 0.971 bits per heavy atom. The molecular weight excluding hydrogens is 458 g/mol. The molecule has 0 radical (unpaired) electrons. The minimum absolute atomic E-state index is 0.0178. The number of carbonyl (C=O) groups excluding carboxylic acids is 1. The van der Waals surface area contributed by atoms with Crippen molar-refractivity contribution in [1.82, 2.24) is 29.4 Å². The number of amides is 1. The third-order valence-electron chi connectivity index (χ3n) is 6.73. The number of hydrogen-bond donors (Lipinski definition) is 0. The third kappa shape index (κ3) is 4.38. The lowest BCUT2D eigenvalue weighted by atomic mass is 10.1. The van der Waals surface area contributed by atoms with Crippen LogP contribution in [0.2, 0.25) is 0 Å². The highest BCUT2D eigenvalue weighted by molar-refractivity contribution is 5.77. The lowest BCUT2D eigenvalue weighted by Gasteiger charge is -2.38. The maximum atomic E-state index is 14.1. The molecule has 2 atom stereocenters. The number of aromatic nitrogens is 5. The first-order valence-electron chi connectivity index (χ1n) is 11.7. The van der Waals surface area contributed by atoms with Crippen LogP contribution in [0, 0.1) is 0 Å². The highest BCUT2D eigenvalue weighted by Gasteiger charge is 2.31. The molecule has 5 rings (SSSR count). The quantitative estimate of drug-likeness (QED) is 0.555. The second kappa shape index (κ2) is 9.33. The summed E-state index contributed by atoms with van der Waals surface area (Å²) >= 11 is 0. The minimum atomic E-state index is -2.81. The molecule has 0 aliphatic carbocycles. The zero-order chi connectivity index (χ0) is 24.7. The van der Waals surface area contributed by atoms with E-state index in [2.05, 4.69) is 15.0 Å². The molecule has 1 aromatic carbocycles. The van der Waals surface area contributed by atoms with Gasteiger partial charge in [-0.2, -0.15) is 15.0 Å². The van der Waals surface area contributed by atoms with Crippen LogP contribution in [-0.4, -0.2) is 86.8 Å². The summed E-state index contributed by atoms with van der Waals surface area (Å²) in [7, 11) is 0. The number of nitrogens with zero attached hydrogens (tertiary/aromatic N) is 8. The molecule has 35 heavy (non-hydrogen) atoms. The predicted octanol–water partition coefficient (Wildman–Crippen LogP) is 2.43. The standard InChI is InChI=1S/C23H28F2N8O2/c1-14-15(2)35-13-12-32(14)22-27-21(31-10-8-30(9-11-31)16(3)34)28-23(29-22)33-18-7-5-4-6-17(18)26-20(33)19(24)25/h4-7,14-15,19H,8-13H2,1-3H3/t14-,15-/m0/s1. The van der Waals surface area contributed by atoms with Crippen molar-refractivity contribution in [2.45, 2.75) is 39.3 Å². The van der Waals surface area contributed by atoms with Crippen molar-refractivity contribution in [3.8, 4) is 5.95 Å². The van der Waals surface area contributed by atoms with Crippen molar-refractivity contribution in [2.75, 3.05) is 49.1 Å². The number of halogens is 2. The smallest absolute Gasteiger partial charge is 0.296 e. The van der Waals surface area contributed by atoms with Crippen molar-refractivity contribution >= 4 is 28.8 Å². The number of imidazole rings is 1. The number of carbonyl (C=O) groups is 1. The fourth-order valence-corrected chi connectivity index (χ4v) is 4.55. The fourth-order valence-electron chi connectivity index (χ4n) is 4.55. The molecule has 0 spiro atoms. The molecule has 2 aliphatic rings. The summed E-state index contributed by atoms with van der Waals surface area (Å²) in [6.45, 7) is 8.77. The Bertz CT molecular complexity index is 1230. The van der Waals surface area contributed by atoms with E-state index in [-0.39, 0.29) is 24.0 Å². The molecule has 2 aliphatic heterocycles. The van der Waals surface area contributed by atoms with Gasteiger partial charge in [0.2, 0.25) is 23.8 Å². The normalized spacial score (nSPS) is 21.3. The number of ether oxygens (including phenoxy) is 1. The van der Waals surface area contributed by atoms with Crippen molar-refractivity contribution in [1.29, 1.82) is 0 Å². The summed E-state index contributed by atoms with van der Waals surface area (Å²) < 4.78 is 35.2. The van der Waals surface area contributed by atoms with Crippen molar-refractivity contribution in [3.63, 3.8) is 0 Å². The second-order valence-electron chi connectivity index (χ2n) is 8.83.